The van der Waals surface area contributed by atoms with Crippen LogP contribution in [0.4, 0.5) is 4.39 Å². The van der Waals surface area contributed by atoms with Crippen LogP contribution in [-0.4, -0.2) is 27.8 Å². The molecule has 1 aliphatic rings. The summed E-state index contributed by atoms with van der Waals surface area (Å²) >= 11 is 0. The SMILES string of the molecule is Cc1cc(CN2CC(O)CC2c2cccc(F)c2)no1. The molecule has 2 aromatic rings. The van der Waals surface area contributed by atoms with Crippen molar-refractivity contribution >= 4 is 0 Å². The van der Waals surface area contributed by atoms with Crippen molar-refractivity contribution in [3.8, 4) is 0 Å². The molecular formula is C15H17FN2O2. The van der Waals surface area contributed by atoms with E-state index in [0.717, 1.165) is 17.0 Å². The van der Waals surface area contributed by atoms with E-state index in [-0.39, 0.29) is 11.9 Å². The Balaban J connectivity index is 1.81. The van der Waals surface area contributed by atoms with Crippen molar-refractivity contribution in [1.29, 1.82) is 0 Å². The Bertz CT molecular complexity index is 599. The number of halogens is 1. The van der Waals surface area contributed by atoms with Crippen LogP contribution in [0.2, 0.25) is 0 Å². The van der Waals surface area contributed by atoms with Crippen molar-refractivity contribution in [2.75, 3.05) is 6.54 Å². The number of aryl methyl sites for hydroxylation is 1. The van der Waals surface area contributed by atoms with Crippen LogP contribution < -0.4 is 0 Å². The number of aliphatic hydroxyl groups excluding tert-OH is 1. The maximum absolute atomic E-state index is 13.4. The monoisotopic (exact) mass is 276 g/mol. The number of rotatable bonds is 3. The minimum Gasteiger partial charge on any atom is -0.392 e. The molecule has 20 heavy (non-hydrogen) atoms. The highest BCUT2D eigenvalue weighted by Gasteiger charge is 2.32. The second-order valence-electron chi connectivity index (χ2n) is 5.32. The van der Waals surface area contributed by atoms with Crippen molar-refractivity contribution in [1.82, 2.24) is 10.1 Å². The van der Waals surface area contributed by atoms with E-state index >= 15 is 0 Å². The molecule has 2 heterocycles. The topological polar surface area (TPSA) is 49.5 Å². The summed E-state index contributed by atoms with van der Waals surface area (Å²) in [4.78, 5) is 2.11. The molecule has 1 fully saturated rings. The molecule has 5 heteroatoms. The number of hydrogen-bond donors (Lipinski definition) is 1. The largest absolute Gasteiger partial charge is 0.392 e. The van der Waals surface area contributed by atoms with Gasteiger partial charge in [0.1, 0.15) is 11.6 Å². The molecular weight excluding hydrogens is 259 g/mol. The van der Waals surface area contributed by atoms with Gasteiger partial charge in [0, 0.05) is 25.2 Å². The number of likely N-dealkylation sites (tertiary alicyclic amines) is 1. The van der Waals surface area contributed by atoms with Crippen molar-refractivity contribution in [2.24, 2.45) is 0 Å². The van der Waals surface area contributed by atoms with Crippen molar-refractivity contribution in [2.45, 2.75) is 32.0 Å². The molecule has 0 spiro atoms. The maximum Gasteiger partial charge on any atom is 0.133 e. The number of β-amino-alcohol motifs (C(OH)–C–C–N with tert-alkyl or cyclic N) is 1. The normalized spacial score (nSPS) is 23.4. The highest BCUT2D eigenvalue weighted by molar-refractivity contribution is 5.22. The average molecular weight is 276 g/mol. The highest BCUT2D eigenvalue weighted by atomic mass is 19.1. The molecule has 1 aromatic heterocycles. The molecule has 1 aromatic carbocycles. The third-order valence-electron chi connectivity index (χ3n) is 3.66. The molecule has 4 nitrogen and oxygen atoms in total. The van der Waals surface area contributed by atoms with Gasteiger partial charge >= 0.3 is 0 Å². The third-order valence-corrected chi connectivity index (χ3v) is 3.66. The van der Waals surface area contributed by atoms with Gasteiger partial charge in [0.25, 0.3) is 0 Å². The van der Waals surface area contributed by atoms with Crippen LogP contribution in [0.15, 0.2) is 34.9 Å². The van der Waals surface area contributed by atoms with Gasteiger partial charge in [0.05, 0.1) is 11.8 Å². The molecule has 3 rings (SSSR count). The molecule has 0 saturated carbocycles. The van der Waals surface area contributed by atoms with E-state index in [1.165, 1.54) is 12.1 Å². The number of nitrogens with zero attached hydrogens (tertiary/aromatic N) is 2. The summed E-state index contributed by atoms with van der Waals surface area (Å²) in [6, 6.07) is 8.45. The maximum atomic E-state index is 13.4. The lowest BCUT2D eigenvalue weighted by molar-refractivity contribution is 0.171. The summed E-state index contributed by atoms with van der Waals surface area (Å²) < 4.78 is 18.4. The van der Waals surface area contributed by atoms with Crippen LogP contribution in [0.3, 0.4) is 0 Å². The second kappa shape index (κ2) is 5.34. The van der Waals surface area contributed by atoms with Crippen LogP contribution in [0.25, 0.3) is 0 Å². The summed E-state index contributed by atoms with van der Waals surface area (Å²) in [6.07, 6.45) is 0.219. The smallest absolute Gasteiger partial charge is 0.133 e. The minimum atomic E-state index is -0.392. The average Bonchev–Trinajstić information content (AvgIpc) is 2.96. The molecule has 1 aliphatic heterocycles. The number of hydrogen-bond acceptors (Lipinski definition) is 4. The van der Waals surface area contributed by atoms with Crippen molar-refractivity contribution < 1.29 is 14.0 Å². The molecule has 0 radical (unpaired) electrons. The van der Waals surface area contributed by atoms with E-state index in [9.17, 15) is 9.50 Å². The van der Waals surface area contributed by atoms with Crippen LogP contribution in [0.5, 0.6) is 0 Å². The number of aliphatic hydroxyl groups is 1. The van der Waals surface area contributed by atoms with Crippen LogP contribution in [0, 0.1) is 12.7 Å². The summed E-state index contributed by atoms with van der Waals surface area (Å²) in [5.41, 5.74) is 1.72. The zero-order chi connectivity index (χ0) is 14.1. The summed E-state index contributed by atoms with van der Waals surface area (Å²) in [6.45, 7) is 3.00. The van der Waals surface area contributed by atoms with Crippen LogP contribution in [-0.2, 0) is 6.54 Å². The molecule has 0 aliphatic carbocycles. The van der Waals surface area contributed by atoms with Gasteiger partial charge in [-0.1, -0.05) is 17.3 Å². The predicted octanol–water partition coefficient (Wildman–Crippen LogP) is 2.43. The van der Waals surface area contributed by atoms with Gasteiger partial charge in [0.2, 0.25) is 0 Å². The Morgan fingerprint density at radius 1 is 1.45 bits per heavy atom. The van der Waals surface area contributed by atoms with Crippen molar-refractivity contribution in [3.05, 3.63) is 53.2 Å². The van der Waals surface area contributed by atoms with Gasteiger partial charge in [-0.2, -0.15) is 0 Å². The zero-order valence-corrected chi connectivity index (χ0v) is 11.3. The number of aromatic nitrogens is 1. The summed E-state index contributed by atoms with van der Waals surface area (Å²) in [7, 11) is 0. The quantitative estimate of drug-likeness (QED) is 0.935. The Hall–Kier alpha value is -1.72. The standard InChI is InChI=1S/C15H17FN2O2/c1-10-5-13(17-20-10)8-18-9-14(19)7-15(18)11-3-2-4-12(16)6-11/h2-6,14-15,19H,7-9H2,1H3. The first-order valence-electron chi connectivity index (χ1n) is 6.71. The first-order valence-corrected chi connectivity index (χ1v) is 6.71. The van der Waals surface area contributed by atoms with Crippen LogP contribution >= 0.6 is 0 Å². The van der Waals surface area contributed by atoms with Crippen LogP contribution in [0.1, 0.15) is 29.5 Å². The van der Waals surface area contributed by atoms with Crippen molar-refractivity contribution in [3.63, 3.8) is 0 Å². The highest BCUT2D eigenvalue weighted by Crippen LogP contribution is 2.33. The Labute approximate surface area is 116 Å². The van der Waals surface area contributed by atoms with Gasteiger partial charge in [0.15, 0.2) is 0 Å². The first kappa shape index (κ1) is 13.3. The molecule has 0 bridgehead atoms. The molecule has 106 valence electrons. The van der Waals surface area contributed by atoms with E-state index in [4.69, 9.17) is 4.52 Å². The zero-order valence-electron chi connectivity index (χ0n) is 11.3. The lowest BCUT2D eigenvalue weighted by Crippen LogP contribution is -2.24. The van der Waals surface area contributed by atoms with Gasteiger partial charge in [-0.15, -0.1) is 0 Å². The Morgan fingerprint density at radius 2 is 2.30 bits per heavy atom. The van der Waals surface area contributed by atoms with E-state index in [1.54, 1.807) is 6.07 Å². The third kappa shape index (κ3) is 2.73. The Kier molecular flexibility index (Phi) is 3.54. The fraction of sp³-hybridized carbons (Fsp3) is 0.400. The molecule has 2 atom stereocenters. The van der Waals surface area contributed by atoms with E-state index < -0.39 is 6.10 Å². The first-order chi connectivity index (χ1) is 9.61. The summed E-state index contributed by atoms with van der Waals surface area (Å²) in [5, 5.41) is 13.9. The lowest BCUT2D eigenvalue weighted by Gasteiger charge is -2.23. The predicted molar refractivity (Wildman–Crippen MR) is 71.4 cm³/mol. The van der Waals surface area contributed by atoms with Gasteiger partial charge in [-0.25, -0.2) is 4.39 Å². The van der Waals surface area contributed by atoms with Gasteiger partial charge in [-0.05, 0) is 31.0 Å². The molecule has 1 saturated heterocycles. The molecule has 0 amide bonds. The Morgan fingerprint density at radius 3 is 3.00 bits per heavy atom. The number of benzene rings is 1. The minimum absolute atomic E-state index is 0.0118. The second-order valence-corrected chi connectivity index (χ2v) is 5.32. The fourth-order valence-electron chi connectivity index (χ4n) is 2.82. The molecule has 2 unspecified atom stereocenters. The van der Waals surface area contributed by atoms with E-state index in [2.05, 4.69) is 10.1 Å². The van der Waals surface area contributed by atoms with Gasteiger partial charge < -0.3 is 9.63 Å². The van der Waals surface area contributed by atoms with E-state index in [1.807, 2.05) is 19.1 Å². The lowest BCUT2D eigenvalue weighted by atomic mass is 10.0. The van der Waals surface area contributed by atoms with E-state index in [0.29, 0.717) is 19.5 Å². The molecule has 1 N–H and O–H groups in total. The summed E-state index contributed by atoms with van der Waals surface area (Å²) in [5.74, 6) is 0.517. The van der Waals surface area contributed by atoms with Gasteiger partial charge in [-0.3, -0.25) is 4.90 Å². The fourth-order valence-corrected chi connectivity index (χ4v) is 2.82.